The van der Waals surface area contributed by atoms with Crippen molar-refractivity contribution in [2.45, 2.75) is 0 Å². The maximum absolute atomic E-state index is 13.7. The maximum Gasteiger partial charge on any atom is 0.153 e. The predicted molar refractivity (Wildman–Crippen MR) is 98.0 cm³/mol. The first kappa shape index (κ1) is 19.2. The van der Waals surface area contributed by atoms with Gasteiger partial charge in [0.1, 0.15) is 11.6 Å². The van der Waals surface area contributed by atoms with Gasteiger partial charge < -0.3 is 9.80 Å². The van der Waals surface area contributed by atoms with Crippen LogP contribution in [0, 0.1) is 11.6 Å². The lowest BCUT2D eigenvalue weighted by molar-refractivity contribution is 0.591. The summed E-state index contributed by atoms with van der Waals surface area (Å²) >= 11 is 0. The molecule has 0 unspecified atom stereocenters. The molecule has 25 heavy (non-hydrogen) atoms. The normalized spacial score (nSPS) is 11.4. The van der Waals surface area contributed by atoms with Crippen LogP contribution in [-0.2, 0) is 9.84 Å². The lowest BCUT2D eigenvalue weighted by Gasteiger charge is -2.21. The third-order valence-electron chi connectivity index (χ3n) is 4.00. The number of hydrogen-bond donors (Lipinski definition) is 0. The molecule has 0 atom stereocenters. The molecule has 136 valence electrons. The number of halogens is 2. The second-order valence-electron chi connectivity index (χ2n) is 5.90. The van der Waals surface area contributed by atoms with E-state index in [4.69, 9.17) is 0 Å². The van der Waals surface area contributed by atoms with E-state index >= 15 is 0 Å². The monoisotopic (exact) mass is 368 g/mol. The molecule has 0 heterocycles. The molecule has 0 spiro atoms. The van der Waals surface area contributed by atoms with Crippen LogP contribution in [-0.4, -0.2) is 47.1 Å². The summed E-state index contributed by atoms with van der Waals surface area (Å²) in [6.45, 7) is 0.374. The molecular formula is C18H22F2N2O2S. The Morgan fingerprint density at radius 3 is 1.48 bits per heavy atom. The van der Waals surface area contributed by atoms with Crippen LogP contribution in [0.1, 0.15) is 0 Å². The molecule has 0 bridgehead atoms. The SMILES string of the molecule is CN(CCS(=O)(=O)CCN(C)c1ccccc1F)c1ccccc1F. The summed E-state index contributed by atoms with van der Waals surface area (Å²) in [5.74, 6) is -0.963. The fourth-order valence-corrected chi connectivity index (χ4v) is 3.73. The zero-order valence-electron chi connectivity index (χ0n) is 14.3. The molecule has 0 aliphatic rings. The predicted octanol–water partition coefficient (Wildman–Crippen LogP) is 2.95. The molecule has 2 aromatic rings. The molecule has 0 saturated carbocycles. The number of sulfone groups is 1. The number of anilines is 2. The van der Waals surface area contributed by atoms with Crippen LogP contribution in [0.4, 0.5) is 20.2 Å². The van der Waals surface area contributed by atoms with Crippen molar-refractivity contribution in [2.24, 2.45) is 0 Å². The molecule has 0 aromatic heterocycles. The highest BCUT2D eigenvalue weighted by Gasteiger charge is 2.16. The van der Waals surface area contributed by atoms with Crippen LogP contribution in [0.2, 0.25) is 0 Å². The number of para-hydroxylation sites is 2. The van der Waals surface area contributed by atoms with Crippen molar-refractivity contribution in [1.29, 1.82) is 0 Å². The summed E-state index contributed by atoms with van der Waals surface area (Å²) in [5, 5.41) is 0. The Bertz CT molecular complexity index is 751. The van der Waals surface area contributed by atoms with Crippen LogP contribution in [0.5, 0.6) is 0 Å². The number of rotatable bonds is 8. The van der Waals surface area contributed by atoms with Crippen LogP contribution in [0.3, 0.4) is 0 Å². The molecule has 0 N–H and O–H groups in total. The van der Waals surface area contributed by atoms with E-state index in [0.29, 0.717) is 11.4 Å². The average Bonchev–Trinajstić information content (AvgIpc) is 2.59. The van der Waals surface area contributed by atoms with Crippen LogP contribution >= 0.6 is 0 Å². The average molecular weight is 368 g/mol. The highest BCUT2D eigenvalue weighted by molar-refractivity contribution is 7.91. The number of nitrogens with zero attached hydrogens (tertiary/aromatic N) is 2. The van der Waals surface area contributed by atoms with E-state index in [1.54, 1.807) is 60.3 Å². The van der Waals surface area contributed by atoms with Gasteiger partial charge in [0.15, 0.2) is 9.84 Å². The fraction of sp³-hybridized carbons (Fsp3) is 0.333. The molecule has 0 amide bonds. The Morgan fingerprint density at radius 1 is 0.760 bits per heavy atom. The van der Waals surface area contributed by atoms with Gasteiger partial charge in [-0.25, -0.2) is 17.2 Å². The zero-order chi connectivity index (χ0) is 18.4. The van der Waals surface area contributed by atoms with Crippen molar-refractivity contribution in [3.05, 3.63) is 60.2 Å². The Kier molecular flexibility index (Phi) is 6.36. The van der Waals surface area contributed by atoms with E-state index in [2.05, 4.69) is 0 Å². The Hall–Kier alpha value is -2.15. The van der Waals surface area contributed by atoms with Gasteiger partial charge in [0.05, 0.1) is 22.9 Å². The Morgan fingerprint density at radius 2 is 1.12 bits per heavy atom. The van der Waals surface area contributed by atoms with Crippen molar-refractivity contribution >= 4 is 21.2 Å². The van der Waals surface area contributed by atoms with E-state index in [1.807, 2.05) is 0 Å². The van der Waals surface area contributed by atoms with Crippen LogP contribution in [0.15, 0.2) is 48.5 Å². The van der Waals surface area contributed by atoms with Gasteiger partial charge in [0.25, 0.3) is 0 Å². The summed E-state index contributed by atoms with van der Waals surface area (Å²) in [6, 6.07) is 12.5. The highest BCUT2D eigenvalue weighted by atomic mass is 32.2. The number of benzene rings is 2. The first-order valence-corrected chi connectivity index (χ1v) is 9.74. The maximum atomic E-state index is 13.7. The van der Waals surface area contributed by atoms with Gasteiger partial charge in [-0.2, -0.15) is 0 Å². The third kappa shape index (κ3) is 5.42. The summed E-state index contributed by atoms with van der Waals surface area (Å²) in [7, 11) is -0.0373. The van der Waals surface area contributed by atoms with E-state index in [1.165, 1.54) is 12.1 Å². The standard InChI is InChI=1S/C18H22F2N2O2S/c1-21(17-9-5-3-7-15(17)19)11-13-25(23,24)14-12-22(2)18-10-6-4-8-16(18)20/h3-10H,11-14H2,1-2H3. The molecule has 4 nitrogen and oxygen atoms in total. The van der Waals surface area contributed by atoms with Gasteiger partial charge in [0.2, 0.25) is 0 Å². The highest BCUT2D eigenvalue weighted by Crippen LogP contribution is 2.18. The lowest BCUT2D eigenvalue weighted by atomic mass is 10.3. The second-order valence-corrected chi connectivity index (χ2v) is 8.20. The molecule has 0 radical (unpaired) electrons. The van der Waals surface area contributed by atoms with Crippen LogP contribution in [0.25, 0.3) is 0 Å². The van der Waals surface area contributed by atoms with Gasteiger partial charge in [-0.1, -0.05) is 24.3 Å². The van der Waals surface area contributed by atoms with E-state index in [9.17, 15) is 17.2 Å². The first-order valence-electron chi connectivity index (χ1n) is 7.92. The summed E-state index contributed by atoms with van der Waals surface area (Å²) in [6.07, 6.45) is 0. The molecule has 0 fully saturated rings. The molecule has 0 saturated heterocycles. The van der Waals surface area contributed by atoms with E-state index < -0.39 is 9.84 Å². The topological polar surface area (TPSA) is 40.6 Å². The quantitative estimate of drug-likeness (QED) is 0.718. The van der Waals surface area contributed by atoms with Gasteiger partial charge in [-0.3, -0.25) is 0 Å². The first-order chi connectivity index (χ1) is 11.8. The molecule has 2 rings (SSSR count). The van der Waals surface area contributed by atoms with E-state index in [0.717, 1.165) is 0 Å². The van der Waals surface area contributed by atoms with Crippen molar-refractivity contribution in [2.75, 3.05) is 48.5 Å². The molecule has 0 aliphatic heterocycles. The summed E-state index contributed by atoms with van der Waals surface area (Å²) in [4.78, 5) is 3.15. The van der Waals surface area contributed by atoms with Crippen molar-refractivity contribution in [1.82, 2.24) is 0 Å². The Labute approximate surface area is 147 Å². The van der Waals surface area contributed by atoms with Gasteiger partial charge in [-0.05, 0) is 24.3 Å². The minimum absolute atomic E-state index is 0.0943. The van der Waals surface area contributed by atoms with Gasteiger partial charge >= 0.3 is 0 Å². The molecule has 2 aromatic carbocycles. The third-order valence-corrected chi connectivity index (χ3v) is 5.61. The Balaban J connectivity index is 1.90. The van der Waals surface area contributed by atoms with Gasteiger partial charge in [0, 0.05) is 27.2 Å². The lowest BCUT2D eigenvalue weighted by Crippen LogP contribution is -2.31. The molecular weight excluding hydrogens is 346 g/mol. The minimum Gasteiger partial charge on any atom is -0.371 e. The summed E-state index contributed by atoms with van der Waals surface area (Å²) < 4.78 is 51.9. The fourth-order valence-electron chi connectivity index (χ4n) is 2.42. The van der Waals surface area contributed by atoms with E-state index in [-0.39, 0.29) is 36.2 Å². The van der Waals surface area contributed by atoms with Crippen molar-refractivity contribution in [3.8, 4) is 0 Å². The summed E-state index contributed by atoms with van der Waals surface area (Å²) in [5.41, 5.74) is 0.724. The van der Waals surface area contributed by atoms with Crippen molar-refractivity contribution < 1.29 is 17.2 Å². The van der Waals surface area contributed by atoms with Crippen molar-refractivity contribution in [3.63, 3.8) is 0 Å². The smallest absolute Gasteiger partial charge is 0.153 e. The largest absolute Gasteiger partial charge is 0.371 e. The molecule has 0 aliphatic carbocycles. The van der Waals surface area contributed by atoms with Gasteiger partial charge in [-0.15, -0.1) is 0 Å². The second kappa shape index (κ2) is 8.29. The zero-order valence-corrected chi connectivity index (χ0v) is 15.1. The molecule has 7 heteroatoms. The minimum atomic E-state index is -3.34. The number of hydrogen-bond acceptors (Lipinski definition) is 4. The van der Waals surface area contributed by atoms with Crippen LogP contribution < -0.4 is 9.80 Å².